The zero-order valence-corrected chi connectivity index (χ0v) is 14.1. The van der Waals surface area contributed by atoms with E-state index < -0.39 is 0 Å². The third-order valence-electron chi connectivity index (χ3n) is 6.31. The summed E-state index contributed by atoms with van der Waals surface area (Å²) in [5, 5.41) is 3.96. The molecule has 0 radical (unpaired) electrons. The molecule has 0 amide bonds. The first-order valence-electron chi connectivity index (χ1n) is 8.65. The van der Waals surface area contributed by atoms with Crippen LogP contribution in [0.3, 0.4) is 0 Å². The molecule has 20 heavy (non-hydrogen) atoms. The van der Waals surface area contributed by atoms with E-state index in [0.717, 1.165) is 12.6 Å². The average molecular weight is 298 g/mol. The molecule has 2 unspecified atom stereocenters. The maximum Gasteiger partial charge on any atom is 0.0661 e. The molecule has 0 aromatic rings. The van der Waals surface area contributed by atoms with Gasteiger partial charge < -0.3 is 10.1 Å². The molecule has 0 aromatic carbocycles. The van der Waals surface area contributed by atoms with Gasteiger partial charge in [0.1, 0.15) is 0 Å². The van der Waals surface area contributed by atoms with Gasteiger partial charge in [-0.2, -0.15) is 11.8 Å². The highest BCUT2D eigenvalue weighted by Gasteiger charge is 2.58. The van der Waals surface area contributed by atoms with Crippen LogP contribution in [0.2, 0.25) is 0 Å². The largest absolute Gasteiger partial charge is 0.378 e. The predicted octanol–water partition coefficient (Wildman–Crippen LogP) is 3.99. The smallest absolute Gasteiger partial charge is 0.0661 e. The molecule has 0 aromatic heterocycles. The number of thioether (sulfide) groups is 1. The number of ether oxygens (including phenoxy) is 1. The van der Waals surface area contributed by atoms with E-state index in [4.69, 9.17) is 4.74 Å². The first kappa shape index (κ1) is 15.2. The molecule has 3 aliphatic carbocycles. The molecule has 0 aliphatic heterocycles. The zero-order valence-electron chi connectivity index (χ0n) is 13.2. The topological polar surface area (TPSA) is 21.3 Å². The van der Waals surface area contributed by atoms with Crippen molar-refractivity contribution in [3.63, 3.8) is 0 Å². The van der Waals surface area contributed by atoms with Crippen molar-refractivity contribution >= 4 is 11.8 Å². The summed E-state index contributed by atoms with van der Waals surface area (Å²) in [7, 11) is 0. The molecule has 3 heteroatoms. The summed E-state index contributed by atoms with van der Waals surface area (Å²) >= 11 is 2.11. The Bertz CT molecular complexity index is 323. The first-order chi connectivity index (χ1) is 9.75. The van der Waals surface area contributed by atoms with Gasteiger partial charge in [-0.1, -0.05) is 25.7 Å². The summed E-state index contributed by atoms with van der Waals surface area (Å²) in [4.78, 5) is 0. The van der Waals surface area contributed by atoms with Crippen molar-refractivity contribution in [1.29, 1.82) is 0 Å². The van der Waals surface area contributed by atoms with Gasteiger partial charge in [-0.15, -0.1) is 0 Å². The van der Waals surface area contributed by atoms with Crippen LogP contribution in [-0.4, -0.2) is 36.3 Å². The minimum atomic E-state index is 0.518. The van der Waals surface area contributed by atoms with Gasteiger partial charge in [0, 0.05) is 29.4 Å². The molecule has 1 N–H and O–H groups in total. The van der Waals surface area contributed by atoms with Gasteiger partial charge in [-0.3, -0.25) is 0 Å². The zero-order chi connectivity index (χ0) is 14.1. The average Bonchev–Trinajstić information content (AvgIpc) is 2.41. The monoisotopic (exact) mass is 297 g/mol. The number of rotatable bonds is 6. The fraction of sp³-hybridized carbons (Fsp3) is 1.00. The van der Waals surface area contributed by atoms with Crippen molar-refractivity contribution in [2.45, 2.75) is 81.6 Å². The molecule has 3 fully saturated rings. The second-order valence-electron chi connectivity index (χ2n) is 7.15. The van der Waals surface area contributed by atoms with Crippen molar-refractivity contribution in [3.05, 3.63) is 0 Å². The standard InChI is InChI=1S/C17H31NOS/c1-3-19-15-12-14(17(15)10-7-11-17)18-13-16(20-2)8-5-4-6-9-16/h14-15,18H,3-13H2,1-2H3. The molecule has 2 atom stereocenters. The van der Waals surface area contributed by atoms with Crippen LogP contribution in [0, 0.1) is 5.41 Å². The Morgan fingerprint density at radius 2 is 1.85 bits per heavy atom. The number of hydrogen-bond donors (Lipinski definition) is 1. The molecule has 0 heterocycles. The first-order valence-corrected chi connectivity index (χ1v) is 9.87. The van der Waals surface area contributed by atoms with Gasteiger partial charge >= 0.3 is 0 Å². The Hall–Kier alpha value is 0.270. The third kappa shape index (κ3) is 2.55. The van der Waals surface area contributed by atoms with Gasteiger partial charge in [-0.25, -0.2) is 0 Å². The quantitative estimate of drug-likeness (QED) is 0.801. The molecular formula is C17H31NOS. The second-order valence-corrected chi connectivity index (χ2v) is 8.42. The molecule has 0 bridgehead atoms. The van der Waals surface area contributed by atoms with Crippen LogP contribution in [0.5, 0.6) is 0 Å². The van der Waals surface area contributed by atoms with Crippen molar-refractivity contribution < 1.29 is 4.74 Å². The van der Waals surface area contributed by atoms with Crippen LogP contribution in [0.4, 0.5) is 0 Å². The van der Waals surface area contributed by atoms with E-state index in [1.54, 1.807) is 0 Å². The van der Waals surface area contributed by atoms with Gasteiger partial charge in [0.05, 0.1) is 6.10 Å². The molecule has 2 nitrogen and oxygen atoms in total. The Kier molecular flexibility index (Phi) is 4.69. The van der Waals surface area contributed by atoms with Crippen molar-refractivity contribution in [2.75, 3.05) is 19.4 Å². The van der Waals surface area contributed by atoms with Crippen molar-refractivity contribution in [1.82, 2.24) is 5.32 Å². The second kappa shape index (κ2) is 6.18. The van der Waals surface area contributed by atoms with E-state index in [9.17, 15) is 0 Å². The van der Waals surface area contributed by atoms with Crippen LogP contribution in [0.25, 0.3) is 0 Å². The van der Waals surface area contributed by atoms with Gasteiger partial charge in [0.2, 0.25) is 0 Å². The highest BCUT2D eigenvalue weighted by atomic mass is 32.2. The summed E-state index contributed by atoms with van der Waals surface area (Å²) in [5.41, 5.74) is 0.518. The number of hydrogen-bond acceptors (Lipinski definition) is 3. The Labute approximate surface area is 128 Å². The minimum Gasteiger partial charge on any atom is -0.378 e. The lowest BCUT2D eigenvalue weighted by Gasteiger charge is -2.61. The maximum absolute atomic E-state index is 5.96. The summed E-state index contributed by atoms with van der Waals surface area (Å²) in [6.45, 7) is 4.24. The summed E-state index contributed by atoms with van der Waals surface area (Å²) in [5.74, 6) is 0. The lowest BCUT2D eigenvalue weighted by atomic mass is 9.51. The van der Waals surface area contributed by atoms with Gasteiger partial charge in [-0.05, 0) is 45.3 Å². The van der Waals surface area contributed by atoms with Crippen LogP contribution >= 0.6 is 11.8 Å². The lowest BCUT2D eigenvalue weighted by Crippen LogP contribution is -2.68. The van der Waals surface area contributed by atoms with Crippen LogP contribution in [-0.2, 0) is 4.74 Å². The van der Waals surface area contributed by atoms with E-state index in [2.05, 4.69) is 30.3 Å². The Morgan fingerprint density at radius 3 is 2.40 bits per heavy atom. The normalized spacial score (nSPS) is 34.5. The van der Waals surface area contributed by atoms with E-state index >= 15 is 0 Å². The Morgan fingerprint density at radius 1 is 1.10 bits per heavy atom. The molecule has 1 spiro atoms. The van der Waals surface area contributed by atoms with Gasteiger partial charge in [0.15, 0.2) is 0 Å². The van der Waals surface area contributed by atoms with Crippen molar-refractivity contribution in [2.24, 2.45) is 5.41 Å². The molecule has 3 aliphatic rings. The van der Waals surface area contributed by atoms with Crippen LogP contribution in [0.1, 0.15) is 64.7 Å². The number of nitrogens with one attached hydrogen (secondary N) is 1. The highest BCUT2D eigenvalue weighted by molar-refractivity contribution is 8.00. The molecule has 3 saturated carbocycles. The molecule has 116 valence electrons. The fourth-order valence-corrected chi connectivity index (χ4v) is 5.61. The summed E-state index contributed by atoms with van der Waals surface area (Å²) < 4.78 is 6.49. The summed E-state index contributed by atoms with van der Waals surface area (Å²) in [6, 6.07) is 0.735. The fourth-order valence-electron chi connectivity index (χ4n) is 4.68. The van der Waals surface area contributed by atoms with Crippen molar-refractivity contribution in [3.8, 4) is 0 Å². The third-order valence-corrected chi connectivity index (χ3v) is 7.72. The van der Waals surface area contributed by atoms with E-state index in [1.165, 1.54) is 64.3 Å². The van der Waals surface area contributed by atoms with Crippen LogP contribution in [0.15, 0.2) is 0 Å². The lowest BCUT2D eigenvalue weighted by molar-refractivity contribution is -0.173. The molecular weight excluding hydrogens is 266 g/mol. The molecule has 0 saturated heterocycles. The SMILES string of the molecule is CCOC1CC(NCC2(SC)CCCCC2)C12CCC2. The van der Waals surface area contributed by atoms with E-state index in [1.807, 2.05) is 0 Å². The Balaban J connectivity index is 1.53. The van der Waals surface area contributed by atoms with Gasteiger partial charge in [0.25, 0.3) is 0 Å². The maximum atomic E-state index is 5.96. The summed E-state index contributed by atoms with van der Waals surface area (Å²) in [6.07, 6.45) is 15.4. The van der Waals surface area contributed by atoms with Crippen LogP contribution < -0.4 is 5.32 Å². The van der Waals surface area contributed by atoms with E-state index in [-0.39, 0.29) is 0 Å². The molecule has 3 rings (SSSR count). The highest BCUT2D eigenvalue weighted by Crippen LogP contribution is 2.57. The van der Waals surface area contributed by atoms with E-state index in [0.29, 0.717) is 16.3 Å². The minimum absolute atomic E-state index is 0.518. The predicted molar refractivity (Wildman–Crippen MR) is 87.4 cm³/mol.